The molecule has 2 nitrogen and oxygen atoms in total. The molecule has 100 valence electrons. The van der Waals surface area contributed by atoms with Gasteiger partial charge in [0.05, 0.1) is 5.69 Å². The molecule has 19 heavy (non-hydrogen) atoms. The van der Waals surface area contributed by atoms with E-state index in [0.29, 0.717) is 5.56 Å². The molecular formula is C13H9BrF3NO. The number of nitrogens with one attached hydrogen (secondary N) is 1. The summed E-state index contributed by atoms with van der Waals surface area (Å²) in [5.74, 6) is -2.25. The highest BCUT2D eigenvalue weighted by Crippen LogP contribution is 2.27. The highest BCUT2D eigenvalue weighted by atomic mass is 79.9. The molecule has 0 atom stereocenters. The molecular weight excluding hydrogens is 323 g/mol. The second kappa shape index (κ2) is 5.52. The Balaban J connectivity index is 2.19. The number of phenols is 1. The molecule has 0 heterocycles. The number of hydrogen-bond acceptors (Lipinski definition) is 2. The predicted molar refractivity (Wildman–Crippen MR) is 69.4 cm³/mol. The number of benzene rings is 2. The third-order valence-corrected chi connectivity index (χ3v) is 3.04. The van der Waals surface area contributed by atoms with Crippen molar-refractivity contribution >= 4 is 21.6 Å². The predicted octanol–water partition coefficient (Wildman–Crippen LogP) is 4.18. The van der Waals surface area contributed by atoms with E-state index in [0.717, 1.165) is 18.2 Å². The summed E-state index contributed by atoms with van der Waals surface area (Å²) in [6.07, 6.45) is 0. The van der Waals surface area contributed by atoms with Crippen LogP contribution in [0, 0.1) is 17.5 Å². The Labute approximate surface area is 116 Å². The molecule has 0 aliphatic carbocycles. The number of anilines is 1. The largest absolute Gasteiger partial charge is 0.508 e. The van der Waals surface area contributed by atoms with Crippen LogP contribution in [-0.2, 0) is 6.54 Å². The smallest absolute Gasteiger partial charge is 0.150 e. The SMILES string of the molecule is Oc1cc(F)cc(CNc2c(F)cc(F)cc2Br)c1. The van der Waals surface area contributed by atoms with Crippen molar-refractivity contribution in [1.29, 1.82) is 0 Å². The lowest BCUT2D eigenvalue weighted by Crippen LogP contribution is -2.03. The van der Waals surface area contributed by atoms with Crippen LogP contribution in [0.4, 0.5) is 18.9 Å². The van der Waals surface area contributed by atoms with Crippen LogP contribution in [-0.4, -0.2) is 5.11 Å². The highest BCUT2D eigenvalue weighted by molar-refractivity contribution is 9.10. The lowest BCUT2D eigenvalue weighted by atomic mass is 10.2. The molecule has 0 radical (unpaired) electrons. The van der Waals surface area contributed by atoms with Crippen molar-refractivity contribution in [2.24, 2.45) is 0 Å². The van der Waals surface area contributed by atoms with Gasteiger partial charge in [-0.15, -0.1) is 0 Å². The normalized spacial score (nSPS) is 10.5. The Morgan fingerprint density at radius 1 is 1.00 bits per heavy atom. The van der Waals surface area contributed by atoms with E-state index in [4.69, 9.17) is 0 Å². The summed E-state index contributed by atoms with van der Waals surface area (Å²) >= 11 is 3.03. The monoisotopic (exact) mass is 331 g/mol. The molecule has 0 spiro atoms. The summed E-state index contributed by atoms with van der Waals surface area (Å²) in [5.41, 5.74) is 0.512. The van der Waals surface area contributed by atoms with Crippen LogP contribution in [0.3, 0.4) is 0 Å². The maximum absolute atomic E-state index is 13.5. The van der Waals surface area contributed by atoms with Crippen molar-refractivity contribution in [2.45, 2.75) is 6.54 Å². The van der Waals surface area contributed by atoms with Gasteiger partial charge in [0.25, 0.3) is 0 Å². The first-order valence-corrected chi connectivity index (χ1v) is 6.12. The zero-order valence-corrected chi connectivity index (χ0v) is 11.1. The van der Waals surface area contributed by atoms with E-state index in [1.807, 2.05) is 0 Å². The Morgan fingerprint density at radius 3 is 2.32 bits per heavy atom. The lowest BCUT2D eigenvalue weighted by molar-refractivity contribution is 0.468. The molecule has 0 aliphatic heterocycles. The average Bonchev–Trinajstić information content (AvgIpc) is 2.25. The molecule has 0 saturated carbocycles. The molecule has 2 aromatic rings. The molecule has 0 bridgehead atoms. The van der Waals surface area contributed by atoms with Gasteiger partial charge in [-0.25, -0.2) is 13.2 Å². The Hall–Kier alpha value is -1.69. The maximum atomic E-state index is 13.5. The van der Waals surface area contributed by atoms with Gasteiger partial charge in [-0.2, -0.15) is 0 Å². The third kappa shape index (κ3) is 3.41. The number of aromatic hydroxyl groups is 1. The van der Waals surface area contributed by atoms with E-state index in [9.17, 15) is 18.3 Å². The number of phenolic OH excluding ortho intramolecular Hbond substituents is 1. The van der Waals surface area contributed by atoms with E-state index in [2.05, 4.69) is 21.2 Å². The summed E-state index contributed by atoms with van der Waals surface area (Å²) in [6, 6.07) is 5.40. The summed E-state index contributed by atoms with van der Waals surface area (Å²) in [5, 5.41) is 11.9. The molecule has 0 saturated heterocycles. The first-order chi connectivity index (χ1) is 8.95. The molecule has 0 unspecified atom stereocenters. The molecule has 2 N–H and O–H groups in total. The minimum Gasteiger partial charge on any atom is -0.508 e. The van der Waals surface area contributed by atoms with Crippen LogP contribution in [0.25, 0.3) is 0 Å². The molecule has 0 fully saturated rings. The third-order valence-electron chi connectivity index (χ3n) is 2.42. The fraction of sp³-hybridized carbons (Fsp3) is 0.0769. The van der Waals surface area contributed by atoms with Gasteiger partial charge in [-0.05, 0) is 39.7 Å². The highest BCUT2D eigenvalue weighted by Gasteiger charge is 2.09. The number of hydrogen-bond donors (Lipinski definition) is 2. The van der Waals surface area contributed by atoms with Crippen LogP contribution in [0.5, 0.6) is 5.75 Å². The van der Waals surface area contributed by atoms with Crippen molar-refractivity contribution in [3.63, 3.8) is 0 Å². The summed E-state index contributed by atoms with van der Waals surface area (Å²) < 4.78 is 39.7. The summed E-state index contributed by atoms with van der Waals surface area (Å²) in [6.45, 7) is 0.0898. The van der Waals surface area contributed by atoms with Gasteiger partial charge in [-0.3, -0.25) is 0 Å². The van der Waals surface area contributed by atoms with Crippen molar-refractivity contribution in [2.75, 3.05) is 5.32 Å². The van der Waals surface area contributed by atoms with E-state index >= 15 is 0 Å². The van der Waals surface area contributed by atoms with Crippen molar-refractivity contribution in [1.82, 2.24) is 0 Å². The Kier molecular flexibility index (Phi) is 3.99. The van der Waals surface area contributed by atoms with Gasteiger partial charge in [-0.1, -0.05) is 0 Å². The maximum Gasteiger partial charge on any atom is 0.150 e. The molecule has 6 heteroatoms. The minimum atomic E-state index is -0.757. The van der Waals surface area contributed by atoms with Crippen molar-refractivity contribution < 1.29 is 18.3 Å². The number of halogens is 4. The van der Waals surface area contributed by atoms with Gasteiger partial charge in [0.2, 0.25) is 0 Å². The molecule has 0 amide bonds. The zero-order chi connectivity index (χ0) is 14.0. The fourth-order valence-electron chi connectivity index (χ4n) is 1.64. The summed E-state index contributed by atoms with van der Waals surface area (Å²) in [7, 11) is 0. The average molecular weight is 332 g/mol. The molecule has 2 aromatic carbocycles. The lowest BCUT2D eigenvalue weighted by Gasteiger charge is -2.10. The van der Waals surface area contributed by atoms with Crippen molar-refractivity contribution in [3.05, 3.63) is 57.8 Å². The first-order valence-electron chi connectivity index (χ1n) is 5.32. The standard InChI is InChI=1S/C13H9BrF3NO/c14-11-4-9(16)5-12(17)13(11)18-6-7-1-8(15)3-10(19)2-7/h1-5,18-19H,6H2. The topological polar surface area (TPSA) is 32.3 Å². The Morgan fingerprint density at radius 2 is 1.68 bits per heavy atom. The number of rotatable bonds is 3. The van der Waals surface area contributed by atoms with Crippen LogP contribution < -0.4 is 5.32 Å². The van der Waals surface area contributed by atoms with E-state index in [-0.39, 0.29) is 22.5 Å². The minimum absolute atomic E-state index is 0.0742. The first kappa shape index (κ1) is 13.7. The Bertz CT molecular complexity index is 576. The van der Waals surface area contributed by atoms with E-state index in [1.54, 1.807) is 0 Å². The van der Waals surface area contributed by atoms with Crippen LogP contribution in [0.1, 0.15) is 5.56 Å². The summed E-state index contributed by atoms with van der Waals surface area (Å²) in [4.78, 5) is 0. The zero-order valence-electron chi connectivity index (χ0n) is 9.55. The van der Waals surface area contributed by atoms with E-state index < -0.39 is 17.5 Å². The van der Waals surface area contributed by atoms with Gasteiger partial charge in [0.15, 0.2) is 0 Å². The molecule has 0 aromatic heterocycles. The van der Waals surface area contributed by atoms with Crippen LogP contribution in [0.15, 0.2) is 34.8 Å². The van der Waals surface area contributed by atoms with Crippen LogP contribution >= 0.6 is 15.9 Å². The second-order valence-corrected chi connectivity index (χ2v) is 4.77. The second-order valence-electron chi connectivity index (χ2n) is 3.92. The van der Waals surface area contributed by atoms with Crippen LogP contribution in [0.2, 0.25) is 0 Å². The molecule has 0 aliphatic rings. The molecule has 2 rings (SSSR count). The van der Waals surface area contributed by atoms with E-state index in [1.165, 1.54) is 12.1 Å². The quantitative estimate of drug-likeness (QED) is 0.884. The van der Waals surface area contributed by atoms with Gasteiger partial charge >= 0.3 is 0 Å². The van der Waals surface area contributed by atoms with Crippen molar-refractivity contribution in [3.8, 4) is 5.75 Å². The van der Waals surface area contributed by atoms with Gasteiger partial charge in [0.1, 0.15) is 23.2 Å². The van der Waals surface area contributed by atoms with Gasteiger partial charge < -0.3 is 10.4 Å². The fourth-order valence-corrected chi connectivity index (χ4v) is 2.19. The van der Waals surface area contributed by atoms with Gasteiger partial charge in [0, 0.05) is 23.2 Å².